The van der Waals surface area contributed by atoms with E-state index in [9.17, 15) is 22.8 Å². The molecule has 0 spiro atoms. The van der Waals surface area contributed by atoms with Gasteiger partial charge in [-0.3, -0.25) is 4.79 Å². The smallest absolute Gasteiger partial charge is 0.387 e. The number of urea groups is 1. The monoisotopic (exact) mass is 499 g/mol. The van der Waals surface area contributed by atoms with Crippen molar-refractivity contribution in [1.29, 1.82) is 0 Å². The van der Waals surface area contributed by atoms with Crippen LogP contribution in [0.4, 0.5) is 33.7 Å². The van der Waals surface area contributed by atoms with Crippen molar-refractivity contribution in [3.05, 3.63) is 47.5 Å². The van der Waals surface area contributed by atoms with Gasteiger partial charge in [-0.2, -0.15) is 8.78 Å². The van der Waals surface area contributed by atoms with Crippen LogP contribution in [0.3, 0.4) is 0 Å². The first-order valence-electron chi connectivity index (χ1n) is 11.0. The van der Waals surface area contributed by atoms with Crippen LogP contribution in [-0.2, 0) is 11.3 Å². The molecule has 3 rings (SSSR count). The quantitative estimate of drug-likeness (QED) is 0.508. The van der Waals surface area contributed by atoms with Gasteiger partial charge in [0.2, 0.25) is 0 Å². The van der Waals surface area contributed by atoms with Crippen LogP contribution in [0.15, 0.2) is 30.3 Å². The number of hydrogen-bond donors (Lipinski definition) is 2. The topological polar surface area (TPSA) is 79.9 Å². The minimum absolute atomic E-state index is 0.127. The summed E-state index contributed by atoms with van der Waals surface area (Å²) in [6.07, 6.45) is -1.12. The van der Waals surface area contributed by atoms with Crippen molar-refractivity contribution in [3.63, 3.8) is 0 Å². The van der Waals surface area contributed by atoms with E-state index in [1.807, 2.05) is 13.8 Å². The molecule has 0 radical (unpaired) electrons. The number of carbonyl (C=O) groups excluding carboxylic acids is 2. The number of amides is 3. The molecule has 1 unspecified atom stereocenters. The zero-order valence-electron chi connectivity index (χ0n) is 20.3. The van der Waals surface area contributed by atoms with E-state index >= 15 is 4.39 Å². The van der Waals surface area contributed by atoms with Crippen molar-refractivity contribution in [2.75, 3.05) is 10.2 Å². The number of ether oxygens (including phenoxy) is 2. The van der Waals surface area contributed by atoms with Crippen LogP contribution in [0.25, 0.3) is 0 Å². The fraction of sp³-hybridized carbons (Fsp3) is 0.417. The third-order valence-corrected chi connectivity index (χ3v) is 4.54. The highest BCUT2D eigenvalue weighted by Crippen LogP contribution is 2.42. The maximum absolute atomic E-state index is 15.2. The molecule has 0 fully saturated rings. The highest BCUT2D eigenvalue weighted by Gasteiger charge is 2.36. The van der Waals surface area contributed by atoms with Crippen LogP contribution in [0.2, 0.25) is 0 Å². The molecule has 1 atom stereocenters. The van der Waals surface area contributed by atoms with Crippen molar-refractivity contribution in [2.24, 2.45) is 0 Å². The summed E-state index contributed by atoms with van der Waals surface area (Å²) in [4.78, 5) is 25.9. The van der Waals surface area contributed by atoms with Crippen LogP contribution in [0, 0.1) is 11.6 Å². The third-order valence-electron chi connectivity index (χ3n) is 4.54. The molecule has 0 aromatic heterocycles. The third kappa shape index (κ3) is 7.00. The highest BCUT2D eigenvalue weighted by molar-refractivity contribution is 6.00. The zero-order chi connectivity index (χ0) is 26.5. The molecular weight excluding hydrogens is 470 g/mol. The van der Waals surface area contributed by atoms with Crippen molar-refractivity contribution >= 4 is 23.3 Å². The Morgan fingerprint density at radius 3 is 2.46 bits per heavy atom. The van der Waals surface area contributed by atoms with Crippen LogP contribution in [0.1, 0.15) is 47.1 Å². The molecule has 11 heteroatoms. The van der Waals surface area contributed by atoms with Gasteiger partial charge in [0.15, 0.2) is 23.5 Å². The Balaban J connectivity index is 0.00000210. The van der Waals surface area contributed by atoms with Gasteiger partial charge < -0.3 is 25.0 Å². The van der Waals surface area contributed by atoms with E-state index in [2.05, 4.69) is 15.4 Å². The number of carbonyl (C=O) groups is 2. The second kappa shape index (κ2) is 11.3. The number of fused-ring (bicyclic) bond motifs is 1. The molecule has 0 saturated heterocycles. The molecule has 1 aliphatic heterocycles. The molecule has 2 aromatic rings. The average molecular weight is 500 g/mol. The number of benzene rings is 2. The normalized spacial score (nSPS) is 15.0. The summed E-state index contributed by atoms with van der Waals surface area (Å²) < 4.78 is 64.7. The van der Waals surface area contributed by atoms with Crippen molar-refractivity contribution in [2.45, 2.75) is 66.3 Å². The molecule has 1 heterocycles. The van der Waals surface area contributed by atoms with E-state index in [4.69, 9.17) is 4.74 Å². The average Bonchev–Trinajstić information content (AvgIpc) is 2.75. The SMILES string of the molecule is CC.CC1Oc2c(cc(F)c(NC(=O)NC(C)(C)C)c2F)N(Cc2cccc(OC(F)F)c2)C1=O. The summed E-state index contributed by atoms with van der Waals surface area (Å²) in [6.45, 7) is 7.26. The van der Waals surface area contributed by atoms with E-state index in [1.54, 1.807) is 26.8 Å². The van der Waals surface area contributed by atoms with Gasteiger partial charge in [-0.15, -0.1) is 0 Å². The summed E-state index contributed by atoms with van der Waals surface area (Å²) in [6, 6.07) is 5.64. The van der Waals surface area contributed by atoms with Crippen molar-refractivity contribution in [3.8, 4) is 11.5 Å². The Kier molecular flexibility index (Phi) is 8.94. The van der Waals surface area contributed by atoms with Gasteiger partial charge in [0.1, 0.15) is 11.4 Å². The van der Waals surface area contributed by atoms with Crippen LogP contribution in [-0.4, -0.2) is 30.2 Å². The predicted molar refractivity (Wildman–Crippen MR) is 124 cm³/mol. The van der Waals surface area contributed by atoms with Gasteiger partial charge in [0.05, 0.1) is 12.2 Å². The minimum Gasteiger partial charge on any atom is -0.476 e. The summed E-state index contributed by atoms with van der Waals surface area (Å²) in [5.74, 6) is -3.45. The van der Waals surface area contributed by atoms with Crippen molar-refractivity contribution < 1.29 is 36.6 Å². The predicted octanol–water partition coefficient (Wildman–Crippen LogP) is 5.83. The Morgan fingerprint density at radius 2 is 1.86 bits per heavy atom. The number of hydrogen-bond acceptors (Lipinski definition) is 4. The molecule has 2 aromatic carbocycles. The summed E-state index contributed by atoms with van der Waals surface area (Å²) in [5, 5.41) is 4.65. The number of rotatable bonds is 5. The number of alkyl halides is 2. The fourth-order valence-electron chi connectivity index (χ4n) is 3.23. The Hall–Kier alpha value is -3.50. The standard InChI is InChI=1S/C22H23F4N3O4.C2H6/c1-11-19(30)29(10-12-6-5-7-13(8-12)33-20(25)26)15-9-14(23)17(16(24)18(15)32-11)27-21(31)28-22(2,3)4;1-2/h5-9,11,20H,10H2,1-4H3,(H2,27,28,31);1-2H3. The lowest BCUT2D eigenvalue weighted by molar-refractivity contribution is -0.125. The number of nitrogens with one attached hydrogen (secondary N) is 2. The fourth-order valence-corrected chi connectivity index (χ4v) is 3.23. The first-order valence-corrected chi connectivity index (χ1v) is 11.0. The van der Waals surface area contributed by atoms with Crippen LogP contribution < -0.4 is 25.0 Å². The van der Waals surface area contributed by atoms with Gasteiger partial charge in [0, 0.05) is 11.6 Å². The highest BCUT2D eigenvalue weighted by atomic mass is 19.3. The van der Waals surface area contributed by atoms with Crippen LogP contribution >= 0.6 is 0 Å². The maximum atomic E-state index is 15.2. The Labute approximate surface area is 201 Å². The van der Waals surface area contributed by atoms with Gasteiger partial charge >= 0.3 is 12.6 Å². The minimum atomic E-state index is -3.03. The van der Waals surface area contributed by atoms with Gasteiger partial charge in [-0.25, -0.2) is 13.6 Å². The molecule has 192 valence electrons. The largest absolute Gasteiger partial charge is 0.476 e. The van der Waals surface area contributed by atoms with Crippen molar-refractivity contribution in [1.82, 2.24) is 5.32 Å². The second-order valence-electron chi connectivity index (χ2n) is 8.44. The van der Waals surface area contributed by atoms with E-state index in [1.165, 1.54) is 25.1 Å². The van der Waals surface area contributed by atoms with E-state index in [0.717, 1.165) is 11.0 Å². The Morgan fingerprint density at radius 1 is 1.20 bits per heavy atom. The molecule has 7 nitrogen and oxygen atoms in total. The molecule has 35 heavy (non-hydrogen) atoms. The van der Waals surface area contributed by atoms with E-state index in [-0.39, 0.29) is 18.0 Å². The van der Waals surface area contributed by atoms with Gasteiger partial charge in [-0.05, 0) is 45.4 Å². The lowest BCUT2D eigenvalue weighted by atomic mass is 10.1. The molecule has 1 aliphatic rings. The van der Waals surface area contributed by atoms with Gasteiger partial charge in [-0.1, -0.05) is 26.0 Å². The molecule has 0 aliphatic carbocycles. The first-order chi connectivity index (χ1) is 16.4. The van der Waals surface area contributed by atoms with Crippen LogP contribution in [0.5, 0.6) is 11.5 Å². The first kappa shape index (κ1) is 27.7. The van der Waals surface area contributed by atoms with Gasteiger partial charge in [0.25, 0.3) is 5.91 Å². The molecular formula is C24H29F4N3O4. The summed E-state index contributed by atoms with van der Waals surface area (Å²) in [5.41, 5.74) is -1.20. The molecule has 0 bridgehead atoms. The summed E-state index contributed by atoms with van der Waals surface area (Å²) >= 11 is 0. The lowest BCUT2D eigenvalue weighted by Crippen LogP contribution is -2.45. The number of nitrogens with zero attached hydrogens (tertiary/aromatic N) is 1. The van der Waals surface area contributed by atoms with E-state index in [0.29, 0.717) is 5.56 Å². The lowest BCUT2D eigenvalue weighted by Gasteiger charge is -2.34. The molecule has 0 saturated carbocycles. The second-order valence-corrected chi connectivity index (χ2v) is 8.44. The number of anilines is 2. The number of halogens is 4. The molecule has 2 N–H and O–H groups in total. The Bertz CT molecular complexity index is 1070. The molecule has 3 amide bonds. The van der Waals surface area contributed by atoms with E-state index < -0.39 is 53.3 Å². The maximum Gasteiger partial charge on any atom is 0.387 e. The zero-order valence-corrected chi connectivity index (χ0v) is 20.3. The summed E-state index contributed by atoms with van der Waals surface area (Å²) in [7, 11) is 0.